The molecule has 0 atom stereocenters. The van der Waals surface area contributed by atoms with Crippen molar-refractivity contribution in [2.45, 2.75) is 41.5 Å². The van der Waals surface area contributed by atoms with Crippen molar-refractivity contribution in [2.24, 2.45) is 0 Å². The maximum Gasteiger partial charge on any atom is 0.336 e. The molecule has 0 aliphatic heterocycles. The van der Waals surface area contributed by atoms with Crippen LogP contribution in [0, 0.1) is 47.4 Å². The van der Waals surface area contributed by atoms with Gasteiger partial charge >= 0.3 is 5.97 Å². The number of aromatic nitrogens is 2. The Hall–Kier alpha value is -3.02. The van der Waals surface area contributed by atoms with Crippen LogP contribution in [0.1, 0.15) is 43.7 Å². The number of carboxylic acid groups (broad SMARTS) is 1. The molecule has 0 amide bonds. The fraction of sp³-hybridized carbons (Fsp3) is 0.286. The van der Waals surface area contributed by atoms with Crippen molar-refractivity contribution < 1.29 is 18.8 Å². The summed E-state index contributed by atoms with van der Waals surface area (Å²) >= 11 is 0. The molecule has 0 saturated carbocycles. The van der Waals surface area contributed by atoms with Gasteiger partial charge in [0, 0.05) is 5.56 Å². The maximum atomic E-state index is 14.9. The van der Waals surface area contributed by atoms with Crippen LogP contribution in [0.25, 0.3) is 22.8 Å². The summed E-state index contributed by atoms with van der Waals surface area (Å²) < 4.78 is 20.3. The first-order chi connectivity index (χ1) is 12.6. The molecule has 6 heteroatoms. The van der Waals surface area contributed by atoms with Crippen molar-refractivity contribution in [1.29, 1.82) is 0 Å². The van der Waals surface area contributed by atoms with Crippen LogP contribution in [-0.2, 0) is 0 Å². The Morgan fingerprint density at radius 1 is 0.963 bits per heavy atom. The van der Waals surface area contributed by atoms with E-state index in [1.807, 2.05) is 20.8 Å². The zero-order valence-electron chi connectivity index (χ0n) is 16.2. The Balaban J connectivity index is 2.19. The Labute approximate surface area is 156 Å². The van der Waals surface area contributed by atoms with E-state index < -0.39 is 5.97 Å². The average Bonchev–Trinajstić information content (AvgIpc) is 3.07. The molecule has 0 fully saturated rings. The number of hydrogen-bond acceptors (Lipinski definition) is 4. The molecule has 1 aromatic heterocycles. The molecule has 27 heavy (non-hydrogen) atoms. The minimum Gasteiger partial charge on any atom is -0.478 e. The van der Waals surface area contributed by atoms with E-state index in [1.54, 1.807) is 32.9 Å². The number of rotatable bonds is 3. The molecule has 1 N–H and O–H groups in total. The van der Waals surface area contributed by atoms with Crippen molar-refractivity contribution in [3.63, 3.8) is 0 Å². The number of hydrogen-bond donors (Lipinski definition) is 1. The van der Waals surface area contributed by atoms with Crippen LogP contribution in [0.15, 0.2) is 16.7 Å². The number of carboxylic acids is 1. The second-order valence-electron chi connectivity index (χ2n) is 6.85. The van der Waals surface area contributed by atoms with Gasteiger partial charge in [0.25, 0.3) is 5.89 Å². The molecule has 0 radical (unpaired) electrons. The number of nitrogens with zero attached hydrogens (tertiary/aromatic N) is 2. The van der Waals surface area contributed by atoms with Gasteiger partial charge in [-0.25, -0.2) is 9.18 Å². The van der Waals surface area contributed by atoms with Gasteiger partial charge in [-0.15, -0.1) is 0 Å². The topological polar surface area (TPSA) is 76.2 Å². The first-order valence-electron chi connectivity index (χ1n) is 8.58. The summed E-state index contributed by atoms with van der Waals surface area (Å²) in [7, 11) is 0. The van der Waals surface area contributed by atoms with Crippen molar-refractivity contribution in [1.82, 2.24) is 10.1 Å². The second kappa shape index (κ2) is 6.61. The Morgan fingerprint density at radius 2 is 1.59 bits per heavy atom. The minimum absolute atomic E-state index is 0.0862. The number of halogens is 1. The van der Waals surface area contributed by atoms with Crippen LogP contribution in [0.4, 0.5) is 4.39 Å². The highest BCUT2D eigenvalue weighted by Gasteiger charge is 2.23. The maximum absolute atomic E-state index is 14.9. The fourth-order valence-corrected chi connectivity index (χ4v) is 3.37. The van der Waals surface area contributed by atoms with E-state index in [0.29, 0.717) is 22.3 Å². The highest BCUT2D eigenvalue weighted by atomic mass is 19.1. The summed E-state index contributed by atoms with van der Waals surface area (Å²) in [6, 6.07) is 3.45. The lowest BCUT2D eigenvalue weighted by Gasteiger charge is -2.13. The van der Waals surface area contributed by atoms with Gasteiger partial charge in [0.1, 0.15) is 5.82 Å². The quantitative estimate of drug-likeness (QED) is 0.697. The molecule has 0 spiro atoms. The van der Waals surface area contributed by atoms with Crippen LogP contribution in [0.2, 0.25) is 0 Å². The predicted molar refractivity (Wildman–Crippen MR) is 101 cm³/mol. The van der Waals surface area contributed by atoms with Crippen LogP contribution in [0.3, 0.4) is 0 Å². The van der Waals surface area contributed by atoms with E-state index >= 15 is 0 Å². The molecule has 2 aromatic carbocycles. The van der Waals surface area contributed by atoms with Gasteiger partial charge in [0.15, 0.2) is 0 Å². The normalized spacial score (nSPS) is 11.1. The third kappa shape index (κ3) is 2.91. The van der Waals surface area contributed by atoms with Gasteiger partial charge in [0.05, 0.1) is 11.1 Å². The summed E-state index contributed by atoms with van der Waals surface area (Å²) in [5.41, 5.74) is 5.41. The number of aromatic carboxylic acids is 1. The second-order valence-corrected chi connectivity index (χ2v) is 6.85. The van der Waals surface area contributed by atoms with Gasteiger partial charge in [-0.3, -0.25) is 0 Å². The van der Waals surface area contributed by atoms with Crippen LogP contribution >= 0.6 is 0 Å². The smallest absolute Gasteiger partial charge is 0.336 e. The summed E-state index contributed by atoms with van der Waals surface area (Å²) in [5.74, 6) is -1.07. The molecule has 0 aliphatic carbocycles. The third-order valence-corrected chi connectivity index (χ3v) is 5.38. The first kappa shape index (κ1) is 18.8. The Morgan fingerprint density at radius 3 is 2.22 bits per heavy atom. The van der Waals surface area contributed by atoms with E-state index in [-0.39, 0.29) is 28.7 Å². The molecule has 0 aliphatic rings. The molecule has 5 nitrogen and oxygen atoms in total. The van der Waals surface area contributed by atoms with Crippen molar-refractivity contribution in [3.8, 4) is 22.8 Å². The highest BCUT2D eigenvalue weighted by Crippen LogP contribution is 2.34. The fourth-order valence-electron chi connectivity index (χ4n) is 3.37. The van der Waals surface area contributed by atoms with Crippen molar-refractivity contribution in [3.05, 3.63) is 56.9 Å². The lowest BCUT2D eigenvalue weighted by Crippen LogP contribution is -2.04. The van der Waals surface area contributed by atoms with E-state index in [0.717, 1.165) is 16.7 Å². The standard InChI is InChI=1S/C21H21FN2O3/c1-9-7-8-15(14(6)16(9)21(25)26)19-23-20(27-24-19)17-12(4)10(2)11(3)13(5)18(17)22/h7-8H,1-6H3,(H,25,26). The highest BCUT2D eigenvalue weighted by molar-refractivity contribution is 5.93. The summed E-state index contributed by atoms with van der Waals surface area (Å²) in [4.78, 5) is 15.9. The van der Waals surface area contributed by atoms with E-state index in [1.165, 1.54) is 0 Å². The molecule has 1 heterocycles. The molecule has 0 bridgehead atoms. The predicted octanol–water partition coefficient (Wildman–Crippen LogP) is 5.09. The van der Waals surface area contributed by atoms with Crippen molar-refractivity contribution in [2.75, 3.05) is 0 Å². The molecule has 3 aromatic rings. The summed E-state index contributed by atoms with van der Waals surface area (Å²) in [6.45, 7) is 10.8. The largest absolute Gasteiger partial charge is 0.478 e. The monoisotopic (exact) mass is 368 g/mol. The Kier molecular flexibility index (Phi) is 4.59. The van der Waals surface area contributed by atoms with Gasteiger partial charge in [-0.05, 0) is 74.9 Å². The lowest BCUT2D eigenvalue weighted by atomic mass is 9.93. The van der Waals surface area contributed by atoms with Gasteiger partial charge < -0.3 is 9.63 Å². The zero-order chi connectivity index (χ0) is 20.0. The molecule has 0 saturated heterocycles. The average molecular weight is 368 g/mol. The number of carbonyl (C=O) groups is 1. The molecule has 140 valence electrons. The van der Waals surface area contributed by atoms with Crippen LogP contribution < -0.4 is 0 Å². The van der Waals surface area contributed by atoms with Gasteiger partial charge in [-0.1, -0.05) is 17.3 Å². The van der Waals surface area contributed by atoms with E-state index in [2.05, 4.69) is 10.1 Å². The number of aryl methyl sites for hydroxylation is 1. The van der Waals surface area contributed by atoms with Gasteiger partial charge in [-0.2, -0.15) is 4.98 Å². The SMILES string of the molecule is Cc1ccc(-c2noc(-c3c(C)c(C)c(C)c(C)c3F)n2)c(C)c1C(=O)O. The first-order valence-corrected chi connectivity index (χ1v) is 8.58. The molecule has 0 unspecified atom stereocenters. The lowest BCUT2D eigenvalue weighted by molar-refractivity contribution is 0.0695. The number of benzene rings is 2. The summed E-state index contributed by atoms with van der Waals surface area (Å²) in [5, 5.41) is 13.4. The van der Waals surface area contributed by atoms with Crippen LogP contribution in [0.5, 0.6) is 0 Å². The summed E-state index contributed by atoms with van der Waals surface area (Å²) in [6.07, 6.45) is 0. The van der Waals surface area contributed by atoms with E-state index in [9.17, 15) is 14.3 Å². The van der Waals surface area contributed by atoms with E-state index in [4.69, 9.17) is 4.52 Å². The molecular formula is C21H21FN2O3. The molecular weight excluding hydrogens is 347 g/mol. The van der Waals surface area contributed by atoms with Crippen LogP contribution in [-0.4, -0.2) is 21.2 Å². The van der Waals surface area contributed by atoms with Crippen molar-refractivity contribution >= 4 is 5.97 Å². The third-order valence-electron chi connectivity index (χ3n) is 5.38. The minimum atomic E-state index is -1.01. The molecule has 3 rings (SSSR count). The zero-order valence-corrected chi connectivity index (χ0v) is 16.2. The van der Waals surface area contributed by atoms with Gasteiger partial charge in [0.2, 0.25) is 5.82 Å². The Bertz CT molecular complexity index is 1050.